The van der Waals surface area contributed by atoms with E-state index in [1.807, 2.05) is 0 Å². The number of hydrogen-bond acceptors (Lipinski definition) is 0. The van der Waals surface area contributed by atoms with Crippen molar-refractivity contribution in [1.29, 1.82) is 0 Å². The summed E-state index contributed by atoms with van der Waals surface area (Å²) in [4.78, 5) is 0. The van der Waals surface area contributed by atoms with Gasteiger partial charge in [-0.1, -0.05) is 24.0 Å². The van der Waals surface area contributed by atoms with E-state index in [0.29, 0.717) is 24.7 Å². The molecule has 0 N–H and O–H groups in total. The molecule has 0 heterocycles. The first-order valence-corrected chi connectivity index (χ1v) is 8.01. The zero-order chi connectivity index (χ0) is 16.7. The average molecular weight is 318 g/mol. The second-order valence-electron chi connectivity index (χ2n) is 5.96. The van der Waals surface area contributed by atoms with E-state index >= 15 is 0 Å². The molecule has 1 aliphatic rings. The lowest BCUT2D eigenvalue weighted by Crippen LogP contribution is -2.11. The fraction of sp³-hybridized carbons (Fsp3) is 0.400. The molecule has 0 atom stereocenters. The van der Waals surface area contributed by atoms with Gasteiger partial charge < -0.3 is 0 Å². The molecule has 0 nitrogen and oxygen atoms in total. The van der Waals surface area contributed by atoms with Gasteiger partial charge in [-0.2, -0.15) is 0 Å². The van der Waals surface area contributed by atoms with Crippen molar-refractivity contribution >= 4 is 0 Å². The Kier molecular flexibility index (Phi) is 6.52. The smallest absolute Gasteiger partial charge is 0.142 e. The fourth-order valence-corrected chi connectivity index (χ4v) is 2.89. The van der Waals surface area contributed by atoms with Crippen LogP contribution in [0.5, 0.6) is 0 Å². The molecular weight excluding hydrogens is 297 g/mol. The molecule has 0 aromatic heterocycles. The third-order valence-corrected chi connectivity index (χ3v) is 4.26. The molecule has 1 saturated carbocycles. The highest BCUT2D eigenvalue weighted by Crippen LogP contribution is 2.29. The van der Waals surface area contributed by atoms with Gasteiger partial charge in [0.15, 0.2) is 0 Å². The van der Waals surface area contributed by atoms with Gasteiger partial charge in [0.25, 0.3) is 0 Å². The first-order chi connectivity index (χ1) is 11.1. The van der Waals surface area contributed by atoms with E-state index in [0.717, 1.165) is 25.7 Å². The van der Waals surface area contributed by atoms with Crippen LogP contribution in [0.2, 0.25) is 0 Å². The molecule has 1 aromatic carbocycles. The first kappa shape index (κ1) is 17.4. The molecule has 0 bridgehead atoms. The van der Waals surface area contributed by atoms with Crippen LogP contribution in [0.1, 0.15) is 43.2 Å². The van der Waals surface area contributed by atoms with Crippen LogP contribution in [0.4, 0.5) is 13.2 Å². The molecule has 1 fully saturated rings. The molecule has 0 aliphatic heterocycles. The summed E-state index contributed by atoms with van der Waals surface area (Å²) in [6.07, 6.45) is 8.54. The minimum atomic E-state index is -0.606. The highest BCUT2D eigenvalue weighted by Gasteiger charge is 2.18. The van der Waals surface area contributed by atoms with Crippen LogP contribution in [-0.4, -0.2) is 0 Å². The van der Waals surface area contributed by atoms with Gasteiger partial charge in [-0.25, -0.2) is 13.2 Å². The molecule has 23 heavy (non-hydrogen) atoms. The third kappa shape index (κ3) is 5.03. The van der Waals surface area contributed by atoms with E-state index in [2.05, 4.69) is 18.4 Å². The van der Waals surface area contributed by atoms with Gasteiger partial charge in [0.2, 0.25) is 0 Å². The van der Waals surface area contributed by atoms with Gasteiger partial charge in [0.05, 0.1) is 11.9 Å². The zero-order valence-corrected chi connectivity index (χ0v) is 13.1. The molecule has 0 spiro atoms. The van der Waals surface area contributed by atoms with Crippen molar-refractivity contribution in [2.75, 3.05) is 0 Å². The molecule has 0 saturated heterocycles. The Morgan fingerprint density at radius 1 is 1.13 bits per heavy atom. The SMILES string of the molecule is C=CCCc1cc(F)c(C#C[C@H]2CC[C@H](C=CF)CC2)c(F)c1. The summed E-state index contributed by atoms with van der Waals surface area (Å²) in [5, 5.41) is 0. The van der Waals surface area contributed by atoms with Crippen LogP contribution in [0.3, 0.4) is 0 Å². The number of hydrogen-bond donors (Lipinski definition) is 0. The van der Waals surface area contributed by atoms with Gasteiger partial charge in [-0.15, -0.1) is 6.58 Å². The number of allylic oxidation sites excluding steroid dienone is 2. The van der Waals surface area contributed by atoms with Crippen molar-refractivity contribution in [3.05, 3.63) is 60.0 Å². The topological polar surface area (TPSA) is 0 Å². The van der Waals surface area contributed by atoms with Crippen LogP contribution in [0.15, 0.2) is 37.2 Å². The van der Waals surface area contributed by atoms with Crippen molar-refractivity contribution in [1.82, 2.24) is 0 Å². The number of aryl methyl sites for hydroxylation is 1. The molecular formula is C20H21F3. The number of rotatable bonds is 4. The van der Waals surface area contributed by atoms with Gasteiger partial charge in [0.1, 0.15) is 11.6 Å². The van der Waals surface area contributed by atoms with E-state index in [1.165, 1.54) is 12.1 Å². The summed E-state index contributed by atoms with van der Waals surface area (Å²) in [6.45, 7) is 3.60. The van der Waals surface area contributed by atoms with E-state index in [-0.39, 0.29) is 17.4 Å². The Labute approximate surface area is 136 Å². The quantitative estimate of drug-likeness (QED) is 0.491. The predicted octanol–water partition coefficient (Wildman–Crippen LogP) is 5.72. The Hall–Kier alpha value is -1.95. The Bertz CT molecular complexity index is 603. The second kappa shape index (κ2) is 8.62. The molecule has 1 aromatic rings. The summed E-state index contributed by atoms with van der Waals surface area (Å²) in [7, 11) is 0. The zero-order valence-electron chi connectivity index (χ0n) is 13.1. The predicted molar refractivity (Wildman–Crippen MR) is 87.5 cm³/mol. The first-order valence-electron chi connectivity index (χ1n) is 8.01. The maximum atomic E-state index is 14.0. The van der Waals surface area contributed by atoms with Crippen molar-refractivity contribution in [3.63, 3.8) is 0 Å². The molecule has 0 radical (unpaired) electrons. The fourth-order valence-electron chi connectivity index (χ4n) is 2.89. The van der Waals surface area contributed by atoms with Crippen LogP contribution in [-0.2, 0) is 6.42 Å². The lowest BCUT2D eigenvalue weighted by molar-refractivity contribution is 0.362. The molecule has 122 valence electrons. The lowest BCUT2D eigenvalue weighted by Gasteiger charge is -2.22. The third-order valence-electron chi connectivity index (χ3n) is 4.26. The molecule has 0 amide bonds. The average Bonchev–Trinajstić information content (AvgIpc) is 2.54. The maximum Gasteiger partial charge on any atom is 0.142 e. The summed E-state index contributed by atoms with van der Waals surface area (Å²) in [6, 6.07) is 2.69. The van der Waals surface area contributed by atoms with Crippen molar-refractivity contribution in [3.8, 4) is 11.8 Å². The largest absolute Gasteiger partial charge is 0.216 e. The van der Waals surface area contributed by atoms with Gasteiger partial charge in [-0.05, 0) is 62.1 Å². The van der Waals surface area contributed by atoms with Gasteiger partial charge in [0, 0.05) is 5.92 Å². The second-order valence-corrected chi connectivity index (χ2v) is 5.96. The van der Waals surface area contributed by atoms with Crippen LogP contribution in [0, 0.1) is 35.3 Å². The highest BCUT2D eigenvalue weighted by atomic mass is 19.1. The monoisotopic (exact) mass is 318 g/mol. The van der Waals surface area contributed by atoms with E-state index < -0.39 is 11.6 Å². The standard InChI is InChI=1S/C20H21F3/c1-2-3-4-17-13-19(22)18(20(23)14-17)10-9-15-5-7-16(8-6-15)11-12-21/h2,11-16H,1,3-8H2/t15-,16-. The summed E-state index contributed by atoms with van der Waals surface area (Å²) in [5.41, 5.74) is 0.460. The number of benzene rings is 1. The van der Waals surface area contributed by atoms with Crippen LogP contribution in [0.25, 0.3) is 0 Å². The minimum Gasteiger partial charge on any atom is -0.216 e. The van der Waals surface area contributed by atoms with Crippen LogP contribution >= 0.6 is 0 Å². The summed E-state index contributed by atoms with van der Waals surface area (Å²) in [5.74, 6) is 4.82. The van der Waals surface area contributed by atoms with Gasteiger partial charge >= 0.3 is 0 Å². The Morgan fingerprint density at radius 2 is 1.78 bits per heavy atom. The number of halogens is 3. The summed E-state index contributed by atoms with van der Waals surface area (Å²) < 4.78 is 40.2. The molecule has 0 unspecified atom stereocenters. The lowest BCUT2D eigenvalue weighted by atomic mass is 9.82. The molecule has 1 aliphatic carbocycles. The molecule has 2 rings (SSSR count). The van der Waals surface area contributed by atoms with Crippen molar-refractivity contribution < 1.29 is 13.2 Å². The summed E-state index contributed by atoms with van der Waals surface area (Å²) >= 11 is 0. The molecule has 3 heteroatoms. The van der Waals surface area contributed by atoms with E-state index in [4.69, 9.17) is 0 Å². The Morgan fingerprint density at radius 3 is 2.35 bits per heavy atom. The van der Waals surface area contributed by atoms with Crippen molar-refractivity contribution in [2.45, 2.75) is 38.5 Å². The van der Waals surface area contributed by atoms with E-state index in [9.17, 15) is 13.2 Å². The van der Waals surface area contributed by atoms with Crippen LogP contribution < -0.4 is 0 Å². The van der Waals surface area contributed by atoms with E-state index in [1.54, 1.807) is 12.2 Å². The highest BCUT2D eigenvalue weighted by molar-refractivity contribution is 5.39. The maximum absolute atomic E-state index is 14.0. The normalized spacial score (nSPS) is 21.0. The van der Waals surface area contributed by atoms with Crippen molar-refractivity contribution in [2.24, 2.45) is 11.8 Å². The minimum absolute atomic E-state index is 0.124. The Balaban J connectivity index is 2.05. The van der Waals surface area contributed by atoms with Gasteiger partial charge in [-0.3, -0.25) is 0 Å².